The van der Waals surface area contributed by atoms with Gasteiger partial charge in [-0.25, -0.2) is 9.37 Å². The number of hydrogen-bond donors (Lipinski definition) is 1. The van der Waals surface area contributed by atoms with Crippen LogP contribution in [0.3, 0.4) is 0 Å². The van der Waals surface area contributed by atoms with Crippen molar-refractivity contribution in [3.05, 3.63) is 64.7 Å². The van der Waals surface area contributed by atoms with Gasteiger partial charge in [0.2, 0.25) is 0 Å². The third kappa shape index (κ3) is 4.82. The van der Waals surface area contributed by atoms with Crippen molar-refractivity contribution in [1.29, 1.82) is 0 Å². The van der Waals surface area contributed by atoms with Crippen LogP contribution in [0.5, 0.6) is 11.5 Å². The van der Waals surface area contributed by atoms with E-state index in [2.05, 4.69) is 15.3 Å². The first-order valence-corrected chi connectivity index (χ1v) is 11.4. The average Bonchev–Trinajstić information content (AvgIpc) is 3.24. The molecule has 1 N–H and O–H groups in total. The first-order valence-electron chi connectivity index (χ1n) is 10.2. The summed E-state index contributed by atoms with van der Waals surface area (Å²) in [4.78, 5) is 22.0. The van der Waals surface area contributed by atoms with Crippen LogP contribution in [-0.4, -0.2) is 43.3 Å². The number of aryl methyl sites for hydroxylation is 1. The van der Waals surface area contributed by atoms with Crippen molar-refractivity contribution >= 4 is 44.2 Å². The lowest BCUT2D eigenvalue weighted by Crippen LogP contribution is -2.14. The number of hydrogen-bond acceptors (Lipinski definition) is 7. The van der Waals surface area contributed by atoms with E-state index in [1.807, 2.05) is 18.2 Å². The molecule has 0 fully saturated rings. The lowest BCUT2D eigenvalue weighted by Gasteiger charge is -2.14. The molecule has 4 aromatic rings. The Balaban J connectivity index is 1.70. The molecule has 4 rings (SSSR count). The van der Waals surface area contributed by atoms with Gasteiger partial charge in [-0.2, -0.15) is 0 Å². The number of aromatic nitrogens is 2. The summed E-state index contributed by atoms with van der Waals surface area (Å²) in [5.41, 5.74) is 1.84. The van der Waals surface area contributed by atoms with Gasteiger partial charge in [0.05, 0.1) is 40.1 Å². The van der Waals surface area contributed by atoms with Crippen LogP contribution in [0.15, 0.2) is 42.6 Å². The van der Waals surface area contributed by atoms with E-state index in [0.717, 1.165) is 4.70 Å². The Labute approximate surface area is 204 Å². The number of thiazole rings is 1. The molecule has 0 aliphatic carbocycles. The topological polar surface area (TPSA) is 82.6 Å². The highest BCUT2D eigenvalue weighted by atomic mass is 35.5. The fourth-order valence-electron chi connectivity index (χ4n) is 3.39. The van der Waals surface area contributed by atoms with Crippen LogP contribution in [0.4, 0.5) is 9.52 Å². The number of carbonyl (C=O) groups excluding carboxylic acids is 1. The highest BCUT2D eigenvalue weighted by Crippen LogP contribution is 2.39. The molecular weight excluding hydrogens is 481 g/mol. The first kappa shape index (κ1) is 23.9. The van der Waals surface area contributed by atoms with Crippen molar-refractivity contribution in [3.8, 4) is 22.6 Å². The van der Waals surface area contributed by atoms with Gasteiger partial charge in [0, 0.05) is 24.6 Å². The summed E-state index contributed by atoms with van der Waals surface area (Å²) in [5.74, 6) is -0.279. The predicted octanol–water partition coefficient (Wildman–Crippen LogP) is 5.75. The standard InChI is InChI=1S/C24H21ClFN3O4S/c1-13-11-14(20-18(32-3)8-7-16(25)21(20)26)15(12-27-13)23(30)29-24-28-17-5-4-6-19(22(17)34-24)33-10-9-31-2/h4-8,11-12H,9-10H2,1-3H3,(H,28,29,30). The quantitative estimate of drug-likeness (QED) is 0.310. The maximum absolute atomic E-state index is 15.1. The number of ether oxygens (including phenoxy) is 3. The molecule has 1 amide bonds. The van der Waals surface area contributed by atoms with Gasteiger partial charge in [-0.1, -0.05) is 29.0 Å². The average molecular weight is 502 g/mol. The van der Waals surface area contributed by atoms with E-state index in [1.165, 1.54) is 30.7 Å². The van der Waals surface area contributed by atoms with Crippen LogP contribution in [0, 0.1) is 12.7 Å². The number of benzene rings is 2. The Morgan fingerprint density at radius 2 is 2.00 bits per heavy atom. The summed E-state index contributed by atoms with van der Waals surface area (Å²) in [7, 11) is 3.02. The van der Waals surface area contributed by atoms with Gasteiger partial charge in [-0.05, 0) is 37.3 Å². The van der Waals surface area contributed by atoms with Crippen molar-refractivity contribution in [2.24, 2.45) is 0 Å². The smallest absolute Gasteiger partial charge is 0.259 e. The Kier molecular flexibility index (Phi) is 7.26. The molecule has 34 heavy (non-hydrogen) atoms. The molecule has 0 saturated heterocycles. The number of halogens is 2. The number of carbonyl (C=O) groups is 1. The number of fused-ring (bicyclic) bond motifs is 1. The molecule has 2 aromatic heterocycles. The molecule has 0 radical (unpaired) electrons. The SMILES string of the molecule is COCCOc1cccc2nc(NC(=O)c3cnc(C)cc3-c3c(OC)ccc(Cl)c3F)sc12. The summed E-state index contributed by atoms with van der Waals surface area (Å²) in [5, 5.41) is 3.08. The fraction of sp³-hybridized carbons (Fsp3) is 0.208. The van der Waals surface area contributed by atoms with Crippen molar-refractivity contribution in [1.82, 2.24) is 9.97 Å². The van der Waals surface area contributed by atoms with Crippen LogP contribution < -0.4 is 14.8 Å². The summed E-state index contributed by atoms with van der Waals surface area (Å²) in [6.07, 6.45) is 1.40. The zero-order valence-corrected chi connectivity index (χ0v) is 20.2. The molecule has 0 spiro atoms. The summed E-state index contributed by atoms with van der Waals surface area (Å²) < 4.78 is 32.0. The summed E-state index contributed by atoms with van der Waals surface area (Å²) in [6.45, 7) is 2.59. The van der Waals surface area contributed by atoms with Gasteiger partial charge < -0.3 is 14.2 Å². The minimum absolute atomic E-state index is 0.0798. The molecule has 2 aromatic carbocycles. The van der Waals surface area contributed by atoms with Crippen LogP contribution in [0.2, 0.25) is 5.02 Å². The Hall–Kier alpha value is -3.27. The molecule has 10 heteroatoms. The number of rotatable bonds is 8. The van der Waals surface area contributed by atoms with E-state index >= 15 is 4.39 Å². The van der Waals surface area contributed by atoms with Gasteiger partial charge in [0.15, 0.2) is 10.9 Å². The third-order valence-corrected chi connectivity index (χ3v) is 6.27. The van der Waals surface area contributed by atoms with Crippen molar-refractivity contribution in [3.63, 3.8) is 0 Å². The molecule has 2 heterocycles. The monoisotopic (exact) mass is 501 g/mol. The zero-order chi connectivity index (χ0) is 24.2. The van der Waals surface area contributed by atoms with Gasteiger partial charge in [0.1, 0.15) is 18.1 Å². The molecule has 0 unspecified atom stereocenters. The van der Waals surface area contributed by atoms with Crippen molar-refractivity contribution in [2.45, 2.75) is 6.92 Å². The largest absolute Gasteiger partial charge is 0.496 e. The zero-order valence-electron chi connectivity index (χ0n) is 18.6. The minimum atomic E-state index is -0.682. The fourth-order valence-corrected chi connectivity index (χ4v) is 4.48. The molecule has 176 valence electrons. The van der Waals surface area contributed by atoms with Crippen LogP contribution in [0.25, 0.3) is 21.3 Å². The van der Waals surface area contributed by atoms with E-state index < -0.39 is 11.7 Å². The highest BCUT2D eigenvalue weighted by Gasteiger charge is 2.23. The normalized spacial score (nSPS) is 11.0. The first-order chi connectivity index (χ1) is 16.4. The number of nitrogens with one attached hydrogen (secondary N) is 1. The summed E-state index contributed by atoms with van der Waals surface area (Å²) in [6, 6.07) is 10.1. The molecule has 0 atom stereocenters. The molecule has 0 aliphatic rings. The summed E-state index contributed by atoms with van der Waals surface area (Å²) >= 11 is 7.30. The van der Waals surface area contributed by atoms with E-state index in [4.69, 9.17) is 25.8 Å². The van der Waals surface area contributed by atoms with Gasteiger partial charge >= 0.3 is 0 Å². The molecule has 0 saturated carbocycles. The second-order valence-corrected chi connectivity index (χ2v) is 8.63. The molecule has 7 nitrogen and oxygen atoms in total. The maximum Gasteiger partial charge on any atom is 0.259 e. The van der Waals surface area contributed by atoms with Crippen molar-refractivity contribution in [2.75, 3.05) is 32.8 Å². The number of pyridine rings is 1. The molecule has 0 aliphatic heterocycles. The van der Waals surface area contributed by atoms with Crippen LogP contribution >= 0.6 is 22.9 Å². The lowest BCUT2D eigenvalue weighted by atomic mass is 9.98. The molecular formula is C24H21ClFN3O4S. The van der Waals surface area contributed by atoms with E-state index in [9.17, 15) is 4.79 Å². The van der Waals surface area contributed by atoms with E-state index in [1.54, 1.807) is 26.2 Å². The van der Waals surface area contributed by atoms with Gasteiger partial charge in [-0.15, -0.1) is 0 Å². The highest BCUT2D eigenvalue weighted by molar-refractivity contribution is 7.22. The lowest BCUT2D eigenvalue weighted by molar-refractivity contribution is 0.102. The number of nitrogens with zero attached hydrogens (tertiary/aromatic N) is 2. The van der Waals surface area contributed by atoms with Crippen LogP contribution in [-0.2, 0) is 4.74 Å². The number of methoxy groups -OCH3 is 2. The minimum Gasteiger partial charge on any atom is -0.496 e. The van der Waals surface area contributed by atoms with E-state index in [-0.39, 0.29) is 21.9 Å². The Morgan fingerprint density at radius 3 is 2.76 bits per heavy atom. The van der Waals surface area contributed by atoms with Crippen molar-refractivity contribution < 1.29 is 23.4 Å². The Morgan fingerprint density at radius 1 is 1.18 bits per heavy atom. The van der Waals surface area contributed by atoms with Gasteiger partial charge in [0.25, 0.3) is 5.91 Å². The van der Waals surface area contributed by atoms with Crippen LogP contribution in [0.1, 0.15) is 16.1 Å². The maximum atomic E-state index is 15.1. The Bertz CT molecular complexity index is 1360. The molecule has 0 bridgehead atoms. The number of anilines is 1. The predicted molar refractivity (Wildman–Crippen MR) is 131 cm³/mol. The van der Waals surface area contributed by atoms with Gasteiger partial charge in [-0.3, -0.25) is 15.1 Å². The number of amides is 1. The van der Waals surface area contributed by atoms with E-state index in [0.29, 0.717) is 40.9 Å². The second kappa shape index (κ2) is 10.3. The third-order valence-electron chi connectivity index (χ3n) is 4.98. The second-order valence-electron chi connectivity index (χ2n) is 7.23.